The van der Waals surface area contributed by atoms with Gasteiger partial charge in [-0.25, -0.2) is 4.39 Å². The van der Waals surface area contributed by atoms with Gasteiger partial charge in [-0.1, -0.05) is 53.7 Å². The zero-order valence-corrected chi connectivity index (χ0v) is 12.2. The lowest BCUT2D eigenvalue weighted by molar-refractivity contribution is -0.126. The van der Waals surface area contributed by atoms with E-state index in [2.05, 4.69) is 10.5 Å². The van der Waals surface area contributed by atoms with Crippen molar-refractivity contribution in [2.45, 2.75) is 13.0 Å². The summed E-state index contributed by atoms with van der Waals surface area (Å²) in [5.41, 5.74) is 1.31. The van der Waals surface area contributed by atoms with Crippen molar-refractivity contribution in [3.63, 3.8) is 0 Å². The standard InChI is InChI=1S/C17H17FN2O2/c1-13(14-7-3-2-4-8-14)20-17(21)12-22-19-11-15-9-5-6-10-16(15)18/h2-11,13H,12H2,1H3,(H,20,21)/b19-11-/t13-/m0/s1. The third kappa shape index (κ3) is 4.70. The predicted octanol–water partition coefficient (Wildman–Crippen LogP) is 3.05. The molecule has 0 aliphatic carbocycles. The Labute approximate surface area is 128 Å². The van der Waals surface area contributed by atoms with Crippen molar-refractivity contribution < 1.29 is 14.0 Å². The quantitative estimate of drug-likeness (QED) is 0.658. The maximum absolute atomic E-state index is 13.3. The second-order valence-corrected chi connectivity index (χ2v) is 4.73. The van der Waals surface area contributed by atoms with Crippen molar-refractivity contribution in [2.24, 2.45) is 5.16 Å². The van der Waals surface area contributed by atoms with Crippen molar-refractivity contribution in [3.05, 3.63) is 71.5 Å². The van der Waals surface area contributed by atoms with E-state index in [0.29, 0.717) is 5.56 Å². The largest absolute Gasteiger partial charge is 0.386 e. The van der Waals surface area contributed by atoms with E-state index in [-0.39, 0.29) is 18.6 Å². The highest BCUT2D eigenvalue weighted by molar-refractivity contribution is 5.80. The number of carbonyl (C=O) groups is 1. The Balaban J connectivity index is 1.77. The van der Waals surface area contributed by atoms with Crippen molar-refractivity contribution in [3.8, 4) is 0 Å². The molecule has 0 aromatic heterocycles. The average molecular weight is 300 g/mol. The summed E-state index contributed by atoms with van der Waals surface area (Å²) in [4.78, 5) is 16.6. The molecule has 0 aliphatic heterocycles. The number of halogens is 1. The van der Waals surface area contributed by atoms with E-state index in [1.807, 2.05) is 37.3 Å². The summed E-state index contributed by atoms with van der Waals surface area (Å²) < 4.78 is 13.3. The average Bonchev–Trinajstić information content (AvgIpc) is 2.54. The summed E-state index contributed by atoms with van der Waals surface area (Å²) in [7, 11) is 0. The fraction of sp³-hybridized carbons (Fsp3) is 0.176. The van der Waals surface area contributed by atoms with Crippen LogP contribution in [0.2, 0.25) is 0 Å². The van der Waals surface area contributed by atoms with Crippen LogP contribution in [0.3, 0.4) is 0 Å². The second kappa shape index (κ2) is 7.93. The maximum atomic E-state index is 13.3. The predicted molar refractivity (Wildman–Crippen MR) is 82.9 cm³/mol. The third-order valence-electron chi connectivity index (χ3n) is 3.04. The van der Waals surface area contributed by atoms with Gasteiger partial charge < -0.3 is 10.2 Å². The molecule has 0 unspecified atom stereocenters. The maximum Gasteiger partial charge on any atom is 0.261 e. The minimum atomic E-state index is -0.392. The number of benzene rings is 2. The molecule has 1 atom stereocenters. The molecule has 2 aromatic rings. The number of hydrogen-bond donors (Lipinski definition) is 1. The van der Waals surface area contributed by atoms with Crippen LogP contribution in [0, 0.1) is 5.82 Å². The van der Waals surface area contributed by atoms with Crippen LogP contribution in [0.1, 0.15) is 24.1 Å². The molecule has 2 rings (SSSR count). The summed E-state index contributed by atoms with van der Waals surface area (Å²) in [5.74, 6) is -0.681. The van der Waals surface area contributed by atoms with Gasteiger partial charge in [-0.3, -0.25) is 4.79 Å². The van der Waals surface area contributed by atoms with Crippen LogP contribution >= 0.6 is 0 Å². The molecular formula is C17H17FN2O2. The van der Waals surface area contributed by atoms with Crippen molar-refractivity contribution >= 4 is 12.1 Å². The van der Waals surface area contributed by atoms with Gasteiger partial charge in [-0.05, 0) is 18.6 Å². The van der Waals surface area contributed by atoms with Gasteiger partial charge in [-0.15, -0.1) is 0 Å². The van der Waals surface area contributed by atoms with Crippen molar-refractivity contribution in [2.75, 3.05) is 6.61 Å². The molecule has 4 nitrogen and oxygen atoms in total. The molecule has 0 radical (unpaired) electrons. The van der Waals surface area contributed by atoms with E-state index in [1.54, 1.807) is 18.2 Å². The molecule has 0 bridgehead atoms. The lowest BCUT2D eigenvalue weighted by Gasteiger charge is -2.13. The molecule has 1 N–H and O–H groups in total. The molecule has 0 saturated heterocycles. The zero-order chi connectivity index (χ0) is 15.8. The van der Waals surface area contributed by atoms with Gasteiger partial charge in [0.15, 0.2) is 6.61 Å². The molecule has 0 saturated carbocycles. The van der Waals surface area contributed by atoms with E-state index in [0.717, 1.165) is 5.56 Å². The van der Waals surface area contributed by atoms with Gasteiger partial charge in [0.1, 0.15) is 5.82 Å². The Kier molecular flexibility index (Phi) is 5.65. The zero-order valence-electron chi connectivity index (χ0n) is 12.2. The summed E-state index contributed by atoms with van der Waals surface area (Å²) in [5, 5.41) is 6.39. The van der Waals surface area contributed by atoms with Crippen molar-refractivity contribution in [1.82, 2.24) is 5.32 Å². The number of amides is 1. The number of nitrogens with zero attached hydrogens (tertiary/aromatic N) is 1. The fourth-order valence-corrected chi connectivity index (χ4v) is 1.88. The van der Waals surface area contributed by atoms with E-state index in [1.165, 1.54) is 12.3 Å². The van der Waals surface area contributed by atoms with Crippen LogP contribution in [0.5, 0.6) is 0 Å². The summed E-state index contributed by atoms with van der Waals surface area (Å²) in [6, 6.07) is 15.7. The SMILES string of the molecule is C[C@H](NC(=O)CO/N=C\c1ccccc1F)c1ccccc1. The highest BCUT2D eigenvalue weighted by Crippen LogP contribution is 2.10. The first-order valence-corrected chi connectivity index (χ1v) is 6.91. The molecule has 2 aromatic carbocycles. The number of rotatable bonds is 6. The molecule has 1 amide bonds. The Bertz CT molecular complexity index is 644. The number of nitrogens with one attached hydrogen (secondary N) is 1. The lowest BCUT2D eigenvalue weighted by Crippen LogP contribution is -2.29. The second-order valence-electron chi connectivity index (χ2n) is 4.73. The van der Waals surface area contributed by atoms with Crippen LogP contribution in [0.4, 0.5) is 4.39 Å². The molecule has 0 heterocycles. The smallest absolute Gasteiger partial charge is 0.261 e. The molecule has 0 aliphatic rings. The normalized spacial score (nSPS) is 12.1. The Morgan fingerprint density at radius 3 is 2.64 bits per heavy atom. The Morgan fingerprint density at radius 1 is 1.23 bits per heavy atom. The molecule has 22 heavy (non-hydrogen) atoms. The highest BCUT2D eigenvalue weighted by atomic mass is 19.1. The molecular weight excluding hydrogens is 283 g/mol. The van der Waals surface area contributed by atoms with Gasteiger partial charge in [0.25, 0.3) is 5.91 Å². The van der Waals surface area contributed by atoms with Crippen LogP contribution in [0.25, 0.3) is 0 Å². The fourth-order valence-electron chi connectivity index (χ4n) is 1.88. The number of hydrogen-bond acceptors (Lipinski definition) is 3. The Hall–Kier alpha value is -2.69. The van der Waals surface area contributed by atoms with Gasteiger partial charge in [0.05, 0.1) is 12.3 Å². The van der Waals surface area contributed by atoms with Crippen molar-refractivity contribution in [1.29, 1.82) is 0 Å². The van der Waals surface area contributed by atoms with E-state index >= 15 is 0 Å². The first kappa shape index (κ1) is 15.7. The molecule has 114 valence electrons. The van der Waals surface area contributed by atoms with Crippen LogP contribution in [-0.2, 0) is 9.63 Å². The highest BCUT2D eigenvalue weighted by Gasteiger charge is 2.09. The van der Waals surface area contributed by atoms with Crippen LogP contribution < -0.4 is 5.32 Å². The molecule has 5 heteroatoms. The first-order chi connectivity index (χ1) is 10.7. The minimum Gasteiger partial charge on any atom is -0.386 e. The van der Waals surface area contributed by atoms with Gasteiger partial charge in [0.2, 0.25) is 0 Å². The first-order valence-electron chi connectivity index (χ1n) is 6.91. The van der Waals surface area contributed by atoms with E-state index in [9.17, 15) is 9.18 Å². The topological polar surface area (TPSA) is 50.7 Å². The molecule has 0 fully saturated rings. The van der Waals surface area contributed by atoms with E-state index in [4.69, 9.17) is 4.84 Å². The summed E-state index contributed by atoms with van der Waals surface area (Å²) >= 11 is 0. The summed E-state index contributed by atoms with van der Waals surface area (Å²) in [6.45, 7) is 1.66. The van der Waals surface area contributed by atoms with Crippen LogP contribution in [0.15, 0.2) is 59.8 Å². The molecule has 0 spiro atoms. The van der Waals surface area contributed by atoms with Gasteiger partial charge in [0, 0.05) is 5.56 Å². The summed E-state index contributed by atoms with van der Waals surface area (Å²) in [6.07, 6.45) is 1.24. The van der Waals surface area contributed by atoms with Crippen LogP contribution in [-0.4, -0.2) is 18.7 Å². The Morgan fingerprint density at radius 2 is 1.91 bits per heavy atom. The van der Waals surface area contributed by atoms with Gasteiger partial charge >= 0.3 is 0 Å². The van der Waals surface area contributed by atoms with Gasteiger partial charge in [-0.2, -0.15) is 0 Å². The monoisotopic (exact) mass is 300 g/mol. The van der Waals surface area contributed by atoms with E-state index < -0.39 is 5.82 Å². The number of carbonyl (C=O) groups excluding carboxylic acids is 1. The third-order valence-corrected chi connectivity index (χ3v) is 3.04. The number of oxime groups is 1. The minimum absolute atomic E-state index is 0.118. The lowest BCUT2D eigenvalue weighted by atomic mass is 10.1.